The first-order valence-corrected chi connectivity index (χ1v) is 9.97. The minimum Gasteiger partial charge on any atom is -0.497 e. The Labute approximate surface area is 172 Å². The number of para-hydroxylation sites is 2. The zero-order valence-corrected chi connectivity index (χ0v) is 17.1. The van der Waals surface area contributed by atoms with Crippen LogP contribution in [0.1, 0.15) is 6.92 Å². The number of carbonyl (C=O) groups excluding carboxylic acids is 1. The number of nitrogens with zero attached hydrogens (tertiary/aromatic N) is 2. The molecule has 2 amide bonds. The normalized spacial score (nSPS) is 13.7. The maximum absolute atomic E-state index is 12.4. The number of nitrogens with one attached hydrogen (secondary N) is 1. The largest absolute Gasteiger partial charge is 0.497 e. The molecule has 2 aromatic carbocycles. The molecule has 0 aromatic heterocycles. The first kappa shape index (κ1) is 20.6. The van der Waals surface area contributed by atoms with Crippen molar-refractivity contribution < 1.29 is 19.0 Å². The van der Waals surface area contributed by atoms with Crippen LogP contribution in [0.15, 0.2) is 48.5 Å². The van der Waals surface area contributed by atoms with Gasteiger partial charge in [0.25, 0.3) is 0 Å². The zero-order valence-electron chi connectivity index (χ0n) is 17.1. The summed E-state index contributed by atoms with van der Waals surface area (Å²) in [6.07, 6.45) is 0. The molecule has 0 radical (unpaired) electrons. The summed E-state index contributed by atoms with van der Waals surface area (Å²) < 4.78 is 16.5. The number of benzene rings is 2. The topological polar surface area (TPSA) is 63.3 Å². The second kappa shape index (κ2) is 10.5. The highest BCUT2D eigenvalue weighted by Gasteiger charge is 2.22. The lowest BCUT2D eigenvalue weighted by Crippen LogP contribution is -2.52. The molecule has 1 heterocycles. The first-order valence-electron chi connectivity index (χ1n) is 9.97. The smallest absolute Gasteiger partial charge is 0.317 e. The molecule has 1 aliphatic rings. The Hall–Kier alpha value is -3.09. The van der Waals surface area contributed by atoms with Gasteiger partial charge in [-0.2, -0.15) is 0 Å². The van der Waals surface area contributed by atoms with Crippen molar-refractivity contribution in [1.82, 2.24) is 10.2 Å². The summed E-state index contributed by atoms with van der Waals surface area (Å²) in [5.74, 6) is 2.43. The van der Waals surface area contributed by atoms with Gasteiger partial charge in [0.05, 0.1) is 25.9 Å². The van der Waals surface area contributed by atoms with Crippen molar-refractivity contribution in [2.75, 3.05) is 57.9 Å². The maximum Gasteiger partial charge on any atom is 0.317 e. The predicted octanol–water partition coefficient (Wildman–Crippen LogP) is 3.00. The summed E-state index contributed by atoms with van der Waals surface area (Å²) in [7, 11) is 1.63. The molecule has 1 aliphatic heterocycles. The van der Waals surface area contributed by atoms with E-state index in [0.717, 1.165) is 36.0 Å². The fraction of sp³-hybridized carbons (Fsp3) is 0.409. The molecule has 1 N–H and O–H groups in total. The summed E-state index contributed by atoms with van der Waals surface area (Å²) in [5.41, 5.74) is 1.09. The van der Waals surface area contributed by atoms with E-state index in [1.165, 1.54) is 0 Å². The quantitative estimate of drug-likeness (QED) is 0.692. The van der Waals surface area contributed by atoms with Crippen molar-refractivity contribution in [3.8, 4) is 17.2 Å². The summed E-state index contributed by atoms with van der Waals surface area (Å²) in [5, 5.41) is 2.93. The highest BCUT2D eigenvalue weighted by molar-refractivity contribution is 5.74. The van der Waals surface area contributed by atoms with Crippen LogP contribution in [0.3, 0.4) is 0 Å². The Bertz CT molecular complexity index is 774. The average molecular weight is 399 g/mol. The number of methoxy groups -OCH3 is 1. The van der Waals surface area contributed by atoms with Crippen LogP contribution in [0.5, 0.6) is 17.2 Å². The summed E-state index contributed by atoms with van der Waals surface area (Å²) >= 11 is 0. The van der Waals surface area contributed by atoms with E-state index in [9.17, 15) is 4.79 Å². The lowest BCUT2D eigenvalue weighted by molar-refractivity contribution is 0.191. The molecule has 2 aromatic rings. The number of urea groups is 1. The van der Waals surface area contributed by atoms with E-state index in [4.69, 9.17) is 14.2 Å². The molecule has 1 fully saturated rings. The van der Waals surface area contributed by atoms with Gasteiger partial charge >= 0.3 is 6.03 Å². The van der Waals surface area contributed by atoms with Gasteiger partial charge in [-0.25, -0.2) is 4.79 Å². The minimum absolute atomic E-state index is 0.0546. The van der Waals surface area contributed by atoms with Gasteiger partial charge in [0.15, 0.2) is 0 Å². The Morgan fingerprint density at radius 1 is 0.966 bits per heavy atom. The van der Waals surface area contributed by atoms with Crippen molar-refractivity contribution >= 4 is 11.7 Å². The molecule has 0 spiro atoms. The number of hydrogen-bond donors (Lipinski definition) is 1. The molecule has 7 nitrogen and oxygen atoms in total. The van der Waals surface area contributed by atoms with Crippen LogP contribution in [-0.2, 0) is 0 Å². The predicted molar refractivity (Wildman–Crippen MR) is 113 cm³/mol. The van der Waals surface area contributed by atoms with Gasteiger partial charge in [0.1, 0.15) is 23.9 Å². The van der Waals surface area contributed by atoms with Gasteiger partial charge in [0, 0.05) is 26.2 Å². The first-order chi connectivity index (χ1) is 14.2. The van der Waals surface area contributed by atoms with Gasteiger partial charge in [-0.15, -0.1) is 0 Å². The number of anilines is 1. The minimum atomic E-state index is -0.0546. The van der Waals surface area contributed by atoms with E-state index in [2.05, 4.69) is 16.3 Å². The van der Waals surface area contributed by atoms with Crippen LogP contribution in [0.4, 0.5) is 10.5 Å². The molecule has 29 heavy (non-hydrogen) atoms. The monoisotopic (exact) mass is 399 g/mol. The molecule has 0 saturated carbocycles. The van der Waals surface area contributed by atoms with E-state index in [-0.39, 0.29) is 6.03 Å². The number of piperazine rings is 1. The van der Waals surface area contributed by atoms with Crippen molar-refractivity contribution in [2.45, 2.75) is 6.92 Å². The lowest BCUT2D eigenvalue weighted by Gasteiger charge is -2.36. The van der Waals surface area contributed by atoms with Crippen LogP contribution in [0.25, 0.3) is 0 Å². The highest BCUT2D eigenvalue weighted by atomic mass is 16.5. The molecule has 0 unspecified atom stereocenters. The Morgan fingerprint density at radius 2 is 1.66 bits per heavy atom. The Kier molecular flexibility index (Phi) is 7.44. The second-order valence-electron chi connectivity index (χ2n) is 6.63. The van der Waals surface area contributed by atoms with Gasteiger partial charge in [-0.1, -0.05) is 12.1 Å². The lowest BCUT2D eigenvalue weighted by atomic mass is 10.2. The van der Waals surface area contributed by atoms with Crippen LogP contribution in [-0.4, -0.2) is 64.0 Å². The van der Waals surface area contributed by atoms with Crippen molar-refractivity contribution in [3.05, 3.63) is 48.5 Å². The number of carbonyl (C=O) groups is 1. The van der Waals surface area contributed by atoms with E-state index < -0.39 is 0 Å². The summed E-state index contributed by atoms with van der Waals surface area (Å²) in [4.78, 5) is 16.5. The molecule has 156 valence electrons. The highest BCUT2D eigenvalue weighted by Crippen LogP contribution is 2.28. The van der Waals surface area contributed by atoms with Crippen molar-refractivity contribution in [2.24, 2.45) is 0 Å². The molecular formula is C22H29N3O4. The summed E-state index contributed by atoms with van der Waals surface area (Å²) in [6.45, 7) is 6.39. The number of rotatable bonds is 8. The zero-order chi connectivity index (χ0) is 20.5. The standard InChI is InChI=1S/C22H29N3O4/c1-3-28-21-7-5-4-6-20(21)24-13-15-25(16-14-24)22(26)23-12-17-29-19-10-8-18(27-2)9-11-19/h4-11H,3,12-17H2,1-2H3,(H,23,26). The van der Waals surface area contributed by atoms with E-state index >= 15 is 0 Å². The number of amides is 2. The molecule has 0 atom stereocenters. The second-order valence-corrected chi connectivity index (χ2v) is 6.63. The molecule has 0 bridgehead atoms. The third kappa shape index (κ3) is 5.70. The van der Waals surface area contributed by atoms with Crippen LogP contribution in [0.2, 0.25) is 0 Å². The van der Waals surface area contributed by atoms with E-state index in [1.807, 2.05) is 54.3 Å². The summed E-state index contributed by atoms with van der Waals surface area (Å²) in [6, 6.07) is 15.4. The fourth-order valence-corrected chi connectivity index (χ4v) is 3.26. The van der Waals surface area contributed by atoms with E-state index in [0.29, 0.717) is 32.8 Å². The van der Waals surface area contributed by atoms with Gasteiger partial charge in [-0.3, -0.25) is 0 Å². The number of ether oxygens (including phenoxy) is 3. The van der Waals surface area contributed by atoms with Gasteiger partial charge in [0.2, 0.25) is 0 Å². The molecule has 0 aliphatic carbocycles. The van der Waals surface area contributed by atoms with Gasteiger partial charge in [-0.05, 0) is 43.3 Å². The SMILES string of the molecule is CCOc1ccccc1N1CCN(C(=O)NCCOc2ccc(OC)cc2)CC1. The van der Waals surface area contributed by atoms with Crippen LogP contribution in [0, 0.1) is 0 Å². The van der Waals surface area contributed by atoms with Gasteiger partial charge < -0.3 is 29.3 Å². The molecular weight excluding hydrogens is 370 g/mol. The Morgan fingerprint density at radius 3 is 2.34 bits per heavy atom. The number of hydrogen-bond acceptors (Lipinski definition) is 5. The molecule has 1 saturated heterocycles. The third-order valence-electron chi connectivity index (χ3n) is 4.78. The Balaban J connectivity index is 1.39. The molecule has 7 heteroatoms. The van der Waals surface area contributed by atoms with Crippen molar-refractivity contribution in [3.63, 3.8) is 0 Å². The van der Waals surface area contributed by atoms with Crippen molar-refractivity contribution in [1.29, 1.82) is 0 Å². The molecule has 3 rings (SSSR count). The van der Waals surface area contributed by atoms with Crippen LogP contribution < -0.4 is 24.4 Å². The average Bonchev–Trinajstić information content (AvgIpc) is 2.78. The van der Waals surface area contributed by atoms with Crippen LogP contribution >= 0.6 is 0 Å². The van der Waals surface area contributed by atoms with E-state index in [1.54, 1.807) is 7.11 Å². The maximum atomic E-state index is 12.4. The third-order valence-corrected chi connectivity index (χ3v) is 4.78. The fourth-order valence-electron chi connectivity index (χ4n) is 3.26.